The number of amides is 1. The van der Waals surface area contributed by atoms with Crippen molar-refractivity contribution < 1.29 is 4.79 Å². The van der Waals surface area contributed by atoms with Gasteiger partial charge in [0.1, 0.15) is 18.0 Å². The third-order valence-corrected chi connectivity index (χ3v) is 2.83. The monoisotopic (exact) mass is 265 g/mol. The van der Waals surface area contributed by atoms with Gasteiger partial charge in [0, 0.05) is 18.7 Å². The summed E-state index contributed by atoms with van der Waals surface area (Å²) in [7, 11) is 0. The first-order valence-corrected chi connectivity index (χ1v) is 6.68. The molecule has 0 saturated carbocycles. The van der Waals surface area contributed by atoms with Gasteiger partial charge in [-0.15, -0.1) is 0 Å². The molecule has 0 saturated heterocycles. The minimum atomic E-state index is -0.348. The Balaban J connectivity index is 2.99. The van der Waals surface area contributed by atoms with E-state index in [4.69, 9.17) is 5.73 Å². The molecule has 0 atom stereocenters. The van der Waals surface area contributed by atoms with Crippen LogP contribution in [0.25, 0.3) is 0 Å². The highest BCUT2D eigenvalue weighted by Gasteiger charge is 2.15. The molecular formula is C13H23N5O. The van der Waals surface area contributed by atoms with Crippen molar-refractivity contribution in [3.8, 4) is 0 Å². The zero-order valence-electron chi connectivity index (χ0n) is 11.9. The van der Waals surface area contributed by atoms with Crippen LogP contribution in [0.2, 0.25) is 0 Å². The van der Waals surface area contributed by atoms with Gasteiger partial charge in [-0.05, 0) is 20.3 Å². The van der Waals surface area contributed by atoms with Gasteiger partial charge >= 0.3 is 0 Å². The van der Waals surface area contributed by atoms with Gasteiger partial charge in [0.05, 0.1) is 6.54 Å². The molecule has 0 aliphatic heterocycles. The van der Waals surface area contributed by atoms with E-state index < -0.39 is 0 Å². The van der Waals surface area contributed by atoms with Crippen LogP contribution in [0, 0.1) is 6.92 Å². The lowest BCUT2D eigenvalue weighted by molar-refractivity contribution is -0.116. The maximum atomic E-state index is 11.2. The van der Waals surface area contributed by atoms with E-state index in [1.54, 1.807) is 0 Å². The predicted octanol–water partition coefficient (Wildman–Crippen LogP) is 1.31. The molecule has 1 rings (SSSR count). The van der Waals surface area contributed by atoms with Gasteiger partial charge in [0.2, 0.25) is 5.91 Å². The Labute approximate surface area is 114 Å². The number of unbranched alkanes of at least 4 members (excludes halogenated alkanes) is 1. The molecule has 0 bridgehead atoms. The molecule has 106 valence electrons. The molecule has 0 aliphatic rings. The number of anilines is 2. The molecule has 0 fully saturated rings. The van der Waals surface area contributed by atoms with Crippen molar-refractivity contribution in [2.45, 2.75) is 33.6 Å². The van der Waals surface area contributed by atoms with Crippen LogP contribution in [0.5, 0.6) is 0 Å². The summed E-state index contributed by atoms with van der Waals surface area (Å²) in [5, 5.41) is 3.19. The standard InChI is InChI=1S/C13H23N5O/c1-4-6-7-18(8-11(14)19)13-10(3)12(15-5-2)16-9-17-13/h9H,4-8H2,1-3H3,(H2,14,19)(H,15,16,17). The van der Waals surface area contributed by atoms with Gasteiger partial charge in [0.25, 0.3) is 0 Å². The molecule has 19 heavy (non-hydrogen) atoms. The number of hydrogen-bond acceptors (Lipinski definition) is 5. The maximum Gasteiger partial charge on any atom is 0.236 e. The highest BCUT2D eigenvalue weighted by molar-refractivity contribution is 5.79. The zero-order valence-corrected chi connectivity index (χ0v) is 11.9. The molecule has 0 radical (unpaired) electrons. The first-order valence-electron chi connectivity index (χ1n) is 6.68. The number of nitrogens with one attached hydrogen (secondary N) is 1. The van der Waals surface area contributed by atoms with Crippen molar-refractivity contribution in [1.29, 1.82) is 0 Å². The summed E-state index contributed by atoms with van der Waals surface area (Å²) in [6, 6.07) is 0. The van der Waals surface area contributed by atoms with Crippen molar-refractivity contribution >= 4 is 17.5 Å². The summed E-state index contributed by atoms with van der Waals surface area (Å²) in [6.07, 6.45) is 3.56. The summed E-state index contributed by atoms with van der Waals surface area (Å²) < 4.78 is 0. The third-order valence-electron chi connectivity index (χ3n) is 2.83. The van der Waals surface area contributed by atoms with Crippen molar-refractivity contribution in [3.63, 3.8) is 0 Å². The number of primary amides is 1. The molecule has 0 aliphatic carbocycles. The second kappa shape index (κ2) is 7.56. The van der Waals surface area contributed by atoms with E-state index in [9.17, 15) is 4.79 Å². The van der Waals surface area contributed by atoms with Crippen molar-refractivity contribution in [2.24, 2.45) is 5.73 Å². The number of carbonyl (C=O) groups excluding carboxylic acids is 1. The van der Waals surface area contributed by atoms with Gasteiger partial charge in [-0.3, -0.25) is 4.79 Å². The topological polar surface area (TPSA) is 84.1 Å². The van der Waals surface area contributed by atoms with Crippen molar-refractivity contribution in [1.82, 2.24) is 9.97 Å². The van der Waals surface area contributed by atoms with E-state index in [0.29, 0.717) is 0 Å². The zero-order chi connectivity index (χ0) is 14.3. The molecule has 0 spiro atoms. The number of nitrogens with zero attached hydrogens (tertiary/aromatic N) is 3. The fourth-order valence-electron chi connectivity index (χ4n) is 1.90. The first kappa shape index (κ1) is 15.2. The number of rotatable bonds is 8. The van der Waals surface area contributed by atoms with Crippen LogP contribution in [0.15, 0.2) is 6.33 Å². The highest BCUT2D eigenvalue weighted by atomic mass is 16.1. The van der Waals surface area contributed by atoms with E-state index in [2.05, 4.69) is 22.2 Å². The highest BCUT2D eigenvalue weighted by Crippen LogP contribution is 2.22. The summed E-state index contributed by atoms with van der Waals surface area (Å²) >= 11 is 0. The molecule has 1 aromatic heterocycles. The third kappa shape index (κ3) is 4.39. The van der Waals surface area contributed by atoms with Crippen LogP contribution in [0.1, 0.15) is 32.3 Å². The molecule has 0 aromatic carbocycles. The van der Waals surface area contributed by atoms with Crippen molar-refractivity contribution in [3.05, 3.63) is 11.9 Å². The minimum Gasteiger partial charge on any atom is -0.370 e. The van der Waals surface area contributed by atoms with Crippen LogP contribution in [0.3, 0.4) is 0 Å². The smallest absolute Gasteiger partial charge is 0.236 e. The Morgan fingerprint density at radius 3 is 2.74 bits per heavy atom. The molecule has 1 amide bonds. The summed E-state index contributed by atoms with van der Waals surface area (Å²) in [5.74, 6) is 1.23. The normalized spacial score (nSPS) is 10.3. The minimum absolute atomic E-state index is 0.184. The first-order chi connectivity index (χ1) is 9.10. The average molecular weight is 265 g/mol. The predicted molar refractivity (Wildman–Crippen MR) is 77.2 cm³/mol. The van der Waals surface area contributed by atoms with E-state index >= 15 is 0 Å². The molecule has 6 heteroatoms. The van der Waals surface area contributed by atoms with Crippen LogP contribution >= 0.6 is 0 Å². The van der Waals surface area contributed by atoms with E-state index in [0.717, 1.165) is 43.1 Å². The van der Waals surface area contributed by atoms with Gasteiger partial charge in [-0.1, -0.05) is 13.3 Å². The van der Waals surface area contributed by atoms with Crippen molar-refractivity contribution in [2.75, 3.05) is 29.9 Å². The Bertz CT molecular complexity index is 421. The lowest BCUT2D eigenvalue weighted by atomic mass is 10.2. The van der Waals surface area contributed by atoms with Crippen LogP contribution in [0.4, 0.5) is 11.6 Å². The van der Waals surface area contributed by atoms with Crippen LogP contribution < -0.4 is 16.0 Å². The molecule has 0 unspecified atom stereocenters. The van der Waals surface area contributed by atoms with Gasteiger partial charge in [-0.25, -0.2) is 9.97 Å². The van der Waals surface area contributed by atoms with Gasteiger partial charge in [0.15, 0.2) is 0 Å². The molecule has 6 nitrogen and oxygen atoms in total. The number of aromatic nitrogens is 2. The van der Waals surface area contributed by atoms with E-state index in [-0.39, 0.29) is 12.5 Å². The lowest BCUT2D eigenvalue weighted by Crippen LogP contribution is -2.35. The number of hydrogen-bond donors (Lipinski definition) is 2. The van der Waals surface area contributed by atoms with E-state index in [1.165, 1.54) is 6.33 Å². The van der Waals surface area contributed by atoms with Gasteiger partial charge < -0.3 is 16.0 Å². The Kier molecular flexibility index (Phi) is 6.05. The molecule has 1 aromatic rings. The second-order valence-corrected chi connectivity index (χ2v) is 4.44. The number of nitrogens with two attached hydrogens (primary N) is 1. The van der Waals surface area contributed by atoms with Crippen LogP contribution in [-0.4, -0.2) is 35.5 Å². The maximum absolute atomic E-state index is 11.2. The average Bonchev–Trinajstić information content (AvgIpc) is 2.37. The molecule has 1 heterocycles. The fourth-order valence-corrected chi connectivity index (χ4v) is 1.90. The lowest BCUT2D eigenvalue weighted by Gasteiger charge is -2.24. The number of carbonyl (C=O) groups is 1. The summed E-state index contributed by atoms with van der Waals surface area (Å²) in [6.45, 7) is 7.82. The van der Waals surface area contributed by atoms with Gasteiger partial charge in [-0.2, -0.15) is 0 Å². The van der Waals surface area contributed by atoms with E-state index in [1.807, 2.05) is 18.7 Å². The molecule has 3 N–H and O–H groups in total. The summed E-state index contributed by atoms with van der Waals surface area (Å²) in [4.78, 5) is 21.6. The SMILES string of the molecule is CCCCN(CC(N)=O)c1ncnc(NCC)c1C. The summed E-state index contributed by atoms with van der Waals surface area (Å²) in [5.41, 5.74) is 6.26. The largest absolute Gasteiger partial charge is 0.370 e. The Morgan fingerprint density at radius 1 is 1.42 bits per heavy atom. The fraction of sp³-hybridized carbons (Fsp3) is 0.615. The second-order valence-electron chi connectivity index (χ2n) is 4.44. The molecular weight excluding hydrogens is 242 g/mol. The quantitative estimate of drug-likeness (QED) is 0.740. The Hall–Kier alpha value is -1.85. The van der Waals surface area contributed by atoms with Crippen LogP contribution in [-0.2, 0) is 4.79 Å². The Morgan fingerprint density at radius 2 is 2.16 bits per heavy atom.